The van der Waals surface area contributed by atoms with Gasteiger partial charge >= 0.3 is 0 Å². The lowest BCUT2D eigenvalue weighted by Crippen LogP contribution is -2.24. The second-order valence-corrected chi connectivity index (χ2v) is 5.27. The van der Waals surface area contributed by atoms with E-state index in [1.54, 1.807) is 0 Å². The Morgan fingerprint density at radius 3 is 1.50 bits per heavy atom. The monoisotopic (exact) mass is 228 g/mol. The number of rotatable bonds is 2. The lowest BCUT2D eigenvalue weighted by atomic mass is 9.89. The van der Waals surface area contributed by atoms with Crippen molar-refractivity contribution in [1.29, 1.82) is 0 Å². The molecule has 1 rings (SSSR count). The molecule has 0 amide bonds. The normalized spacial score (nSPS) is 24.4. The molecule has 1 saturated carbocycles. The van der Waals surface area contributed by atoms with Crippen molar-refractivity contribution in [2.24, 2.45) is 5.92 Å². The van der Waals surface area contributed by atoms with E-state index >= 15 is 0 Å². The molecule has 1 aliphatic rings. The molecule has 1 unspecified atom stereocenters. The van der Waals surface area contributed by atoms with E-state index in [-0.39, 0.29) is 6.61 Å². The SMILES string of the molecule is OCC(O)C1CCCCCCCCCCC1. The van der Waals surface area contributed by atoms with E-state index in [2.05, 4.69) is 0 Å². The lowest BCUT2D eigenvalue weighted by molar-refractivity contribution is 0.0381. The Morgan fingerprint density at radius 2 is 1.12 bits per heavy atom. The molecule has 0 aliphatic heterocycles. The van der Waals surface area contributed by atoms with Crippen molar-refractivity contribution < 1.29 is 10.2 Å². The summed E-state index contributed by atoms with van der Waals surface area (Å²) in [6.07, 6.45) is 13.6. The van der Waals surface area contributed by atoms with Crippen LogP contribution < -0.4 is 0 Å². The van der Waals surface area contributed by atoms with Crippen LogP contribution in [-0.4, -0.2) is 22.9 Å². The van der Waals surface area contributed by atoms with Gasteiger partial charge in [-0.3, -0.25) is 0 Å². The standard InChI is InChI=1S/C14H28O2/c15-12-14(16)13-10-8-6-4-2-1-3-5-7-9-11-13/h13-16H,1-12H2. The van der Waals surface area contributed by atoms with Gasteiger partial charge in [-0.1, -0.05) is 57.8 Å². The van der Waals surface area contributed by atoms with Gasteiger partial charge in [-0.15, -0.1) is 0 Å². The van der Waals surface area contributed by atoms with Gasteiger partial charge in [0.1, 0.15) is 0 Å². The van der Waals surface area contributed by atoms with Crippen LogP contribution in [0.4, 0.5) is 0 Å². The topological polar surface area (TPSA) is 40.5 Å². The Morgan fingerprint density at radius 1 is 0.750 bits per heavy atom. The minimum atomic E-state index is -0.483. The quantitative estimate of drug-likeness (QED) is 0.761. The molecule has 1 fully saturated rings. The minimum absolute atomic E-state index is 0.0648. The second-order valence-electron chi connectivity index (χ2n) is 5.27. The number of hydrogen-bond acceptors (Lipinski definition) is 2. The maximum absolute atomic E-state index is 9.74. The molecular formula is C14H28O2. The molecule has 0 saturated heterocycles. The zero-order valence-corrected chi connectivity index (χ0v) is 10.5. The van der Waals surface area contributed by atoms with Gasteiger partial charge in [0.25, 0.3) is 0 Å². The van der Waals surface area contributed by atoms with E-state index < -0.39 is 6.10 Å². The van der Waals surface area contributed by atoms with Crippen LogP contribution in [0.5, 0.6) is 0 Å². The molecule has 16 heavy (non-hydrogen) atoms. The first-order valence-electron chi connectivity index (χ1n) is 7.13. The Labute approximate surface area is 100 Å². The molecule has 1 atom stereocenters. The zero-order valence-electron chi connectivity index (χ0n) is 10.5. The summed E-state index contributed by atoms with van der Waals surface area (Å²) in [4.78, 5) is 0. The lowest BCUT2D eigenvalue weighted by Gasteiger charge is -2.21. The van der Waals surface area contributed by atoms with Crippen molar-refractivity contribution >= 4 is 0 Å². The second kappa shape index (κ2) is 9.00. The Bertz CT molecular complexity index is 147. The molecule has 1 aliphatic carbocycles. The molecule has 0 bridgehead atoms. The van der Waals surface area contributed by atoms with Crippen molar-refractivity contribution in [1.82, 2.24) is 0 Å². The van der Waals surface area contributed by atoms with Crippen molar-refractivity contribution in [3.8, 4) is 0 Å². The van der Waals surface area contributed by atoms with Gasteiger partial charge in [-0.2, -0.15) is 0 Å². The number of hydrogen-bond donors (Lipinski definition) is 2. The van der Waals surface area contributed by atoms with Gasteiger partial charge in [0, 0.05) is 0 Å². The van der Waals surface area contributed by atoms with Crippen LogP contribution in [0.15, 0.2) is 0 Å². The van der Waals surface area contributed by atoms with Crippen LogP contribution >= 0.6 is 0 Å². The van der Waals surface area contributed by atoms with Gasteiger partial charge in [-0.05, 0) is 18.8 Å². The summed E-state index contributed by atoms with van der Waals surface area (Å²) in [5, 5.41) is 18.8. The maximum atomic E-state index is 9.74. The van der Waals surface area contributed by atoms with E-state index in [4.69, 9.17) is 5.11 Å². The molecule has 96 valence electrons. The summed E-state index contributed by atoms with van der Waals surface area (Å²) < 4.78 is 0. The van der Waals surface area contributed by atoms with Gasteiger partial charge in [0.15, 0.2) is 0 Å². The number of aliphatic hydroxyl groups excluding tert-OH is 2. The van der Waals surface area contributed by atoms with Gasteiger partial charge in [0.05, 0.1) is 12.7 Å². The predicted molar refractivity (Wildman–Crippen MR) is 67.4 cm³/mol. The van der Waals surface area contributed by atoms with Gasteiger partial charge in [-0.25, -0.2) is 0 Å². The van der Waals surface area contributed by atoms with E-state index in [0.29, 0.717) is 5.92 Å². The van der Waals surface area contributed by atoms with Crippen molar-refractivity contribution in [3.63, 3.8) is 0 Å². The fourth-order valence-electron chi connectivity index (χ4n) is 2.73. The predicted octanol–water partition coefficient (Wildman–Crippen LogP) is 3.26. The van der Waals surface area contributed by atoms with Crippen molar-refractivity contribution in [2.75, 3.05) is 6.61 Å². The molecule has 0 radical (unpaired) electrons. The zero-order chi connectivity index (χ0) is 11.6. The average molecular weight is 228 g/mol. The smallest absolute Gasteiger partial charge is 0.0799 e. The van der Waals surface area contributed by atoms with E-state index in [9.17, 15) is 5.11 Å². The largest absolute Gasteiger partial charge is 0.394 e. The minimum Gasteiger partial charge on any atom is -0.394 e. The van der Waals surface area contributed by atoms with Crippen LogP contribution in [0.3, 0.4) is 0 Å². The molecule has 2 nitrogen and oxygen atoms in total. The van der Waals surface area contributed by atoms with Crippen molar-refractivity contribution in [3.05, 3.63) is 0 Å². The molecule has 0 aromatic carbocycles. The highest BCUT2D eigenvalue weighted by Crippen LogP contribution is 2.23. The summed E-state index contributed by atoms with van der Waals surface area (Å²) in [6, 6.07) is 0. The molecule has 0 spiro atoms. The summed E-state index contributed by atoms with van der Waals surface area (Å²) in [5.74, 6) is 0.337. The summed E-state index contributed by atoms with van der Waals surface area (Å²) >= 11 is 0. The first-order valence-corrected chi connectivity index (χ1v) is 7.13. The van der Waals surface area contributed by atoms with E-state index in [1.165, 1.54) is 57.8 Å². The average Bonchev–Trinajstić information content (AvgIpc) is 2.29. The third-order valence-corrected chi connectivity index (χ3v) is 3.88. The fraction of sp³-hybridized carbons (Fsp3) is 1.00. The molecule has 0 heterocycles. The van der Waals surface area contributed by atoms with Crippen LogP contribution in [0.25, 0.3) is 0 Å². The van der Waals surface area contributed by atoms with Crippen LogP contribution in [0.2, 0.25) is 0 Å². The summed E-state index contributed by atoms with van der Waals surface area (Å²) in [6.45, 7) is -0.0648. The highest BCUT2D eigenvalue weighted by atomic mass is 16.3. The third kappa shape index (κ3) is 5.86. The van der Waals surface area contributed by atoms with Crippen LogP contribution in [-0.2, 0) is 0 Å². The summed E-state index contributed by atoms with van der Waals surface area (Å²) in [7, 11) is 0. The van der Waals surface area contributed by atoms with Crippen LogP contribution in [0, 0.1) is 5.92 Å². The highest BCUT2D eigenvalue weighted by molar-refractivity contribution is 4.69. The third-order valence-electron chi connectivity index (χ3n) is 3.88. The molecular weight excluding hydrogens is 200 g/mol. The maximum Gasteiger partial charge on any atom is 0.0799 e. The van der Waals surface area contributed by atoms with E-state index in [1.807, 2.05) is 0 Å². The number of aliphatic hydroxyl groups is 2. The Kier molecular flexibility index (Phi) is 7.87. The summed E-state index contributed by atoms with van der Waals surface area (Å²) in [5.41, 5.74) is 0. The molecule has 0 aromatic rings. The molecule has 2 N–H and O–H groups in total. The first kappa shape index (κ1) is 14.0. The fourth-order valence-corrected chi connectivity index (χ4v) is 2.73. The van der Waals surface area contributed by atoms with Gasteiger partial charge in [0.2, 0.25) is 0 Å². The Balaban J connectivity index is 2.30. The van der Waals surface area contributed by atoms with Crippen molar-refractivity contribution in [2.45, 2.75) is 76.7 Å². The Hall–Kier alpha value is -0.0800. The molecule has 2 heteroatoms. The molecule has 0 aromatic heterocycles. The van der Waals surface area contributed by atoms with E-state index in [0.717, 1.165) is 12.8 Å². The van der Waals surface area contributed by atoms with Crippen LogP contribution in [0.1, 0.15) is 70.6 Å². The highest BCUT2D eigenvalue weighted by Gasteiger charge is 2.17. The first-order chi connectivity index (χ1) is 7.84. The van der Waals surface area contributed by atoms with Gasteiger partial charge < -0.3 is 10.2 Å².